The number of carboxylic acid groups (broad SMARTS) is 1. The van der Waals surface area contributed by atoms with Crippen molar-refractivity contribution in [2.24, 2.45) is 0 Å². The van der Waals surface area contributed by atoms with Crippen molar-refractivity contribution < 1.29 is 24.2 Å². The van der Waals surface area contributed by atoms with Crippen molar-refractivity contribution in [3.8, 4) is 11.5 Å². The van der Waals surface area contributed by atoms with Crippen molar-refractivity contribution in [1.29, 1.82) is 0 Å². The number of methoxy groups -OCH3 is 1. The van der Waals surface area contributed by atoms with Crippen LogP contribution >= 0.6 is 0 Å². The molecule has 2 aromatic rings. The fourth-order valence-electron chi connectivity index (χ4n) is 2.35. The van der Waals surface area contributed by atoms with Gasteiger partial charge in [0.2, 0.25) is 0 Å². The first-order valence-corrected chi connectivity index (χ1v) is 7.78. The van der Waals surface area contributed by atoms with E-state index < -0.39 is 12.6 Å². The molecule has 132 valence electrons. The summed E-state index contributed by atoms with van der Waals surface area (Å²) in [6.07, 6.45) is 0. The van der Waals surface area contributed by atoms with Crippen LogP contribution in [0.2, 0.25) is 0 Å². The fraction of sp³-hybridized carbons (Fsp3) is 0.263. The minimum absolute atomic E-state index is 0.137. The van der Waals surface area contributed by atoms with Crippen LogP contribution in [0, 0.1) is 0 Å². The quantitative estimate of drug-likeness (QED) is 0.836. The number of ether oxygens (including phenoxy) is 2. The van der Waals surface area contributed by atoms with Crippen molar-refractivity contribution in [2.75, 3.05) is 20.8 Å². The summed E-state index contributed by atoms with van der Waals surface area (Å²) in [4.78, 5) is 24.9. The first-order chi connectivity index (χ1) is 11.9. The molecule has 1 unspecified atom stereocenters. The second kappa shape index (κ2) is 8.19. The Morgan fingerprint density at radius 1 is 1.12 bits per heavy atom. The molecule has 0 aliphatic carbocycles. The number of carbonyl (C=O) groups is 2. The second-order valence-electron chi connectivity index (χ2n) is 5.58. The summed E-state index contributed by atoms with van der Waals surface area (Å²) in [6.45, 7) is 1.49. The van der Waals surface area contributed by atoms with E-state index in [9.17, 15) is 9.59 Å². The largest absolute Gasteiger partial charge is 0.497 e. The molecule has 0 radical (unpaired) electrons. The number of amides is 1. The highest BCUT2D eigenvalue weighted by molar-refractivity contribution is 5.94. The van der Waals surface area contributed by atoms with E-state index in [0.717, 1.165) is 11.3 Å². The Hall–Kier alpha value is -3.02. The number of hydrogen-bond acceptors (Lipinski definition) is 4. The van der Waals surface area contributed by atoms with Crippen molar-refractivity contribution in [3.63, 3.8) is 0 Å². The topological polar surface area (TPSA) is 76.1 Å². The molecule has 0 saturated heterocycles. The molecule has 1 amide bonds. The van der Waals surface area contributed by atoms with Gasteiger partial charge in [0.25, 0.3) is 5.91 Å². The second-order valence-corrected chi connectivity index (χ2v) is 5.58. The van der Waals surface area contributed by atoms with Crippen LogP contribution in [0.4, 0.5) is 0 Å². The van der Waals surface area contributed by atoms with Crippen molar-refractivity contribution in [2.45, 2.75) is 13.0 Å². The molecule has 0 spiro atoms. The number of carbonyl (C=O) groups excluding carboxylic acids is 1. The molecule has 6 nitrogen and oxygen atoms in total. The minimum atomic E-state index is -1.07. The predicted octanol–water partition coefficient (Wildman–Crippen LogP) is 2.99. The van der Waals surface area contributed by atoms with Gasteiger partial charge in [-0.25, -0.2) is 4.79 Å². The van der Waals surface area contributed by atoms with Gasteiger partial charge in [0.15, 0.2) is 6.61 Å². The van der Waals surface area contributed by atoms with E-state index in [1.807, 2.05) is 31.2 Å². The predicted molar refractivity (Wildman–Crippen MR) is 93.1 cm³/mol. The average molecular weight is 343 g/mol. The van der Waals surface area contributed by atoms with Crippen LogP contribution in [0.5, 0.6) is 11.5 Å². The summed E-state index contributed by atoms with van der Waals surface area (Å²) in [5.74, 6) is -0.141. The van der Waals surface area contributed by atoms with Crippen LogP contribution in [-0.2, 0) is 4.79 Å². The molecule has 1 atom stereocenters. The molecule has 0 aromatic heterocycles. The molecule has 0 fully saturated rings. The highest BCUT2D eigenvalue weighted by Crippen LogP contribution is 2.24. The van der Waals surface area contributed by atoms with E-state index in [1.54, 1.807) is 43.3 Å². The molecule has 0 aliphatic heterocycles. The molecule has 0 bridgehead atoms. The Kier molecular flexibility index (Phi) is 6.00. The zero-order valence-corrected chi connectivity index (χ0v) is 14.4. The lowest BCUT2D eigenvalue weighted by Gasteiger charge is -2.25. The van der Waals surface area contributed by atoms with Gasteiger partial charge in [-0.3, -0.25) is 4.79 Å². The van der Waals surface area contributed by atoms with E-state index in [1.165, 1.54) is 0 Å². The first-order valence-electron chi connectivity index (χ1n) is 7.78. The Bertz CT molecular complexity index is 742. The monoisotopic (exact) mass is 343 g/mol. The van der Waals surface area contributed by atoms with E-state index in [4.69, 9.17) is 14.6 Å². The van der Waals surface area contributed by atoms with Crippen LogP contribution in [-0.4, -0.2) is 42.6 Å². The highest BCUT2D eigenvalue weighted by atomic mass is 16.5. The van der Waals surface area contributed by atoms with Gasteiger partial charge in [0, 0.05) is 12.6 Å². The van der Waals surface area contributed by atoms with Crippen molar-refractivity contribution >= 4 is 11.9 Å². The Balaban J connectivity index is 2.12. The van der Waals surface area contributed by atoms with Crippen LogP contribution in [0.15, 0.2) is 48.5 Å². The third kappa shape index (κ3) is 4.73. The normalized spacial score (nSPS) is 11.5. The maximum atomic E-state index is 12.7. The summed E-state index contributed by atoms with van der Waals surface area (Å²) >= 11 is 0. The number of hydrogen-bond donors (Lipinski definition) is 1. The summed E-state index contributed by atoms with van der Waals surface area (Å²) in [6, 6.07) is 13.9. The fourth-order valence-corrected chi connectivity index (χ4v) is 2.35. The third-order valence-electron chi connectivity index (χ3n) is 3.94. The molecule has 2 aromatic carbocycles. The molecular formula is C19H21NO5. The van der Waals surface area contributed by atoms with E-state index in [0.29, 0.717) is 11.3 Å². The lowest BCUT2D eigenvalue weighted by molar-refractivity contribution is -0.139. The van der Waals surface area contributed by atoms with E-state index in [-0.39, 0.29) is 11.9 Å². The molecular weight excluding hydrogens is 322 g/mol. The van der Waals surface area contributed by atoms with Crippen molar-refractivity contribution in [3.05, 3.63) is 59.7 Å². The third-order valence-corrected chi connectivity index (χ3v) is 3.94. The number of aliphatic carboxylic acids is 1. The van der Waals surface area contributed by atoms with E-state index >= 15 is 0 Å². The van der Waals surface area contributed by atoms with Gasteiger partial charge < -0.3 is 19.5 Å². The summed E-state index contributed by atoms with van der Waals surface area (Å²) in [5.41, 5.74) is 1.42. The standard InChI is InChI=1S/C19H21NO5/c1-13(14-7-9-16(24-3)10-8-14)20(2)19(23)15-5-4-6-17(11-15)25-12-18(21)22/h4-11,13H,12H2,1-3H3,(H,21,22). The average Bonchev–Trinajstić information content (AvgIpc) is 2.64. The summed E-state index contributed by atoms with van der Waals surface area (Å²) < 4.78 is 10.3. The summed E-state index contributed by atoms with van der Waals surface area (Å²) in [5, 5.41) is 8.67. The first kappa shape index (κ1) is 18.3. The van der Waals surface area contributed by atoms with Crippen LogP contribution < -0.4 is 9.47 Å². The molecule has 0 aliphatic rings. The molecule has 0 saturated carbocycles. The van der Waals surface area contributed by atoms with Gasteiger partial charge in [-0.1, -0.05) is 18.2 Å². The van der Waals surface area contributed by atoms with Crippen LogP contribution in [0.1, 0.15) is 28.9 Å². The molecule has 0 heterocycles. The summed E-state index contributed by atoms with van der Waals surface area (Å²) in [7, 11) is 3.33. The van der Waals surface area contributed by atoms with Gasteiger partial charge >= 0.3 is 5.97 Å². The Morgan fingerprint density at radius 2 is 1.80 bits per heavy atom. The van der Waals surface area contributed by atoms with Gasteiger partial charge in [-0.15, -0.1) is 0 Å². The van der Waals surface area contributed by atoms with Crippen molar-refractivity contribution in [1.82, 2.24) is 4.90 Å². The number of benzene rings is 2. The lowest BCUT2D eigenvalue weighted by atomic mass is 10.1. The van der Waals surface area contributed by atoms with Crippen LogP contribution in [0.3, 0.4) is 0 Å². The maximum absolute atomic E-state index is 12.7. The Morgan fingerprint density at radius 3 is 2.40 bits per heavy atom. The van der Waals surface area contributed by atoms with E-state index in [2.05, 4.69) is 0 Å². The van der Waals surface area contributed by atoms with Gasteiger partial charge in [0.1, 0.15) is 11.5 Å². The maximum Gasteiger partial charge on any atom is 0.341 e. The number of rotatable bonds is 7. The van der Waals surface area contributed by atoms with Gasteiger partial charge in [0.05, 0.1) is 13.2 Å². The number of nitrogens with zero attached hydrogens (tertiary/aromatic N) is 1. The smallest absolute Gasteiger partial charge is 0.341 e. The molecule has 2 rings (SSSR count). The lowest BCUT2D eigenvalue weighted by Crippen LogP contribution is -2.29. The SMILES string of the molecule is COc1ccc(C(C)N(C)C(=O)c2cccc(OCC(=O)O)c2)cc1. The highest BCUT2D eigenvalue weighted by Gasteiger charge is 2.19. The van der Waals surface area contributed by atoms with Gasteiger partial charge in [-0.2, -0.15) is 0 Å². The molecule has 1 N–H and O–H groups in total. The van der Waals surface area contributed by atoms with Crippen LogP contribution in [0.25, 0.3) is 0 Å². The number of carboxylic acids is 1. The molecule has 6 heteroatoms. The minimum Gasteiger partial charge on any atom is -0.497 e. The zero-order chi connectivity index (χ0) is 18.4. The van der Waals surface area contributed by atoms with Gasteiger partial charge in [-0.05, 0) is 42.8 Å². The molecule has 25 heavy (non-hydrogen) atoms. The Labute approximate surface area is 146 Å². The zero-order valence-electron chi connectivity index (χ0n) is 14.4.